The van der Waals surface area contributed by atoms with Gasteiger partial charge in [-0.1, -0.05) is 6.07 Å². The highest BCUT2D eigenvalue weighted by Crippen LogP contribution is 2.15. The molecular formula is C18H15F2NO4. The van der Waals surface area contributed by atoms with E-state index in [2.05, 4.69) is 5.32 Å². The third kappa shape index (κ3) is 4.69. The molecule has 25 heavy (non-hydrogen) atoms. The largest absolute Gasteiger partial charge is 0.451 e. The monoisotopic (exact) mass is 347 g/mol. The summed E-state index contributed by atoms with van der Waals surface area (Å²) < 4.78 is 31.2. The van der Waals surface area contributed by atoms with E-state index in [-0.39, 0.29) is 17.0 Å². The minimum atomic E-state index is -1.19. The molecule has 0 aliphatic rings. The second-order valence-corrected chi connectivity index (χ2v) is 5.30. The highest BCUT2D eigenvalue weighted by Gasteiger charge is 2.21. The molecule has 0 spiro atoms. The predicted octanol–water partition coefficient (Wildman–Crippen LogP) is 3.35. The van der Waals surface area contributed by atoms with Crippen molar-refractivity contribution in [1.29, 1.82) is 0 Å². The summed E-state index contributed by atoms with van der Waals surface area (Å²) in [6.45, 7) is 2.66. The van der Waals surface area contributed by atoms with Crippen molar-refractivity contribution in [2.24, 2.45) is 0 Å². The van der Waals surface area contributed by atoms with Crippen molar-refractivity contribution >= 4 is 23.3 Å². The van der Waals surface area contributed by atoms with Crippen molar-refractivity contribution in [3.05, 3.63) is 65.2 Å². The molecule has 0 aliphatic heterocycles. The molecule has 0 aromatic heterocycles. The zero-order chi connectivity index (χ0) is 18.6. The van der Waals surface area contributed by atoms with Crippen LogP contribution in [0.25, 0.3) is 0 Å². The van der Waals surface area contributed by atoms with Crippen molar-refractivity contribution < 1.29 is 27.9 Å². The van der Waals surface area contributed by atoms with E-state index < -0.39 is 29.5 Å². The van der Waals surface area contributed by atoms with Crippen LogP contribution in [0.15, 0.2) is 42.5 Å². The second kappa shape index (κ2) is 7.65. The van der Waals surface area contributed by atoms with E-state index in [0.29, 0.717) is 5.69 Å². The van der Waals surface area contributed by atoms with Gasteiger partial charge in [-0.3, -0.25) is 9.59 Å². The van der Waals surface area contributed by atoms with Gasteiger partial charge in [0.05, 0.1) is 5.56 Å². The lowest BCUT2D eigenvalue weighted by Gasteiger charge is -2.13. The Labute approximate surface area is 142 Å². The third-order valence-corrected chi connectivity index (χ3v) is 3.28. The SMILES string of the molecule is CC(=O)Nc1cccc(C(=O)O[C@@H](C)C(=O)c2ccc(F)c(F)c2)c1. The van der Waals surface area contributed by atoms with E-state index in [9.17, 15) is 23.2 Å². The number of ether oxygens (including phenoxy) is 1. The van der Waals surface area contributed by atoms with Gasteiger partial charge in [-0.2, -0.15) is 0 Å². The highest BCUT2D eigenvalue weighted by molar-refractivity contribution is 6.01. The fraction of sp³-hybridized carbons (Fsp3) is 0.167. The molecule has 0 aliphatic carbocycles. The van der Waals surface area contributed by atoms with Crippen LogP contribution in [0.5, 0.6) is 0 Å². The van der Waals surface area contributed by atoms with E-state index in [4.69, 9.17) is 4.74 Å². The summed E-state index contributed by atoms with van der Waals surface area (Å²) in [5.41, 5.74) is 0.434. The van der Waals surface area contributed by atoms with E-state index in [1.807, 2.05) is 0 Å². The molecule has 2 aromatic carbocycles. The van der Waals surface area contributed by atoms with Gasteiger partial charge in [-0.05, 0) is 43.3 Å². The Hall–Kier alpha value is -3.09. The van der Waals surface area contributed by atoms with Crippen LogP contribution in [0.1, 0.15) is 34.6 Å². The number of hydrogen-bond acceptors (Lipinski definition) is 4. The fourth-order valence-corrected chi connectivity index (χ4v) is 2.09. The van der Waals surface area contributed by atoms with Gasteiger partial charge in [0.1, 0.15) is 0 Å². The van der Waals surface area contributed by atoms with Crippen molar-refractivity contribution in [1.82, 2.24) is 0 Å². The fourth-order valence-electron chi connectivity index (χ4n) is 2.09. The lowest BCUT2D eigenvalue weighted by Crippen LogP contribution is -2.24. The Morgan fingerprint density at radius 3 is 2.36 bits per heavy atom. The molecule has 0 unspecified atom stereocenters. The van der Waals surface area contributed by atoms with Gasteiger partial charge < -0.3 is 10.1 Å². The number of carbonyl (C=O) groups excluding carboxylic acids is 3. The minimum Gasteiger partial charge on any atom is -0.451 e. The van der Waals surface area contributed by atoms with Crippen molar-refractivity contribution in [3.63, 3.8) is 0 Å². The number of ketones is 1. The molecule has 7 heteroatoms. The lowest BCUT2D eigenvalue weighted by atomic mass is 10.1. The molecule has 0 fully saturated rings. The number of benzene rings is 2. The Morgan fingerprint density at radius 2 is 1.72 bits per heavy atom. The average Bonchev–Trinajstić information content (AvgIpc) is 2.56. The smallest absolute Gasteiger partial charge is 0.338 e. The Morgan fingerprint density at radius 1 is 1.00 bits per heavy atom. The molecule has 0 saturated carbocycles. The Kier molecular flexibility index (Phi) is 5.59. The summed E-state index contributed by atoms with van der Waals surface area (Å²) in [5.74, 6) is -3.98. The number of carbonyl (C=O) groups is 3. The molecule has 5 nitrogen and oxygen atoms in total. The normalized spacial score (nSPS) is 11.5. The maximum absolute atomic E-state index is 13.2. The van der Waals surface area contributed by atoms with E-state index >= 15 is 0 Å². The van der Waals surface area contributed by atoms with Crippen LogP contribution in [0.4, 0.5) is 14.5 Å². The van der Waals surface area contributed by atoms with Gasteiger partial charge in [0.25, 0.3) is 0 Å². The quantitative estimate of drug-likeness (QED) is 0.665. The number of Topliss-reactive ketones (excluding diaryl/α,β-unsaturated/α-hetero) is 1. The molecule has 130 valence electrons. The highest BCUT2D eigenvalue weighted by atomic mass is 19.2. The molecule has 1 amide bonds. The van der Waals surface area contributed by atoms with Gasteiger partial charge in [-0.25, -0.2) is 13.6 Å². The number of halogens is 2. The maximum atomic E-state index is 13.2. The maximum Gasteiger partial charge on any atom is 0.338 e. The van der Waals surface area contributed by atoms with Gasteiger partial charge in [0.15, 0.2) is 17.7 Å². The first-order valence-corrected chi connectivity index (χ1v) is 7.36. The first-order chi connectivity index (χ1) is 11.8. The molecule has 0 radical (unpaired) electrons. The molecule has 0 heterocycles. The zero-order valence-corrected chi connectivity index (χ0v) is 13.5. The first-order valence-electron chi connectivity index (χ1n) is 7.36. The summed E-state index contributed by atoms with van der Waals surface area (Å²) >= 11 is 0. The van der Waals surface area contributed by atoms with Gasteiger partial charge in [0, 0.05) is 18.2 Å². The van der Waals surface area contributed by atoms with Crippen LogP contribution >= 0.6 is 0 Å². The van der Waals surface area contributed by atoms with Crippen molar-refractivity contribution in [2.75, 3.05) is 5.32 Å². The van der Waals surface area contributed by atoms with E-state index in [1.54, 1.807) is 12.1 Å². The van der Waals surface area contributed by atoms with E-state index in [0.717, 1.165) is 18.2 Å². The molecule has 2 rings (SSSR count). The topological polar surface area (TPSA) is 72.5 Å². The van der Waals surface area contributed by atoms with Gasteiger partial charge >= 0.3 is 5.97 Å². The lowest BCUT2D eigenvalue weighted by molar-refractivity contribution is -0.114. The number of anilines is 1. The molecule has 2 aromatic rings. The summed E-state index contributed by atoms with van der Waals surface area (Å²) in [7, 11) is 0. The predicted molar refractivity (Wildman–Crippen MR) is 86.3 cm³/mol. The zero-order valence-electron chi connectivity index (χ0n) is 13.5. The van der Waals surface area contributed by atoms with Crippen LogP contribution in [0.3, 0.4) is 0 Å². The van der Waals surface area contributed by atoms with Crippen LogP contribution in [-0.2, 0) is 9.53 Å². The summed E-state index contributed by atoms with van der Waals surface area (Å²) in [6, 6.07) is 8.69. The molecular weight excluding hydrogens is 332 g/mol. The van der Waals surface area contributed by atoms with Crippen LogP contribution < -0.4 is 5.32 Å². The number of esters is 1. The molecule has 0 saturated heterocycles. The van der Waals surface area contributed by atoms with Crippen LogP contribution in [-0.4, -0.2) is 23.8 Å². The summed E-state index contributed by atoms with van der Waals surface area (Å²) in [5, 5.41) is 2.52. The summed E-state index contributed by atoms with van der Waals surface area (Å²) in [6.07, 6.45) is -1.19. The Bertz CT molecular complexity index is 836. The standard InChI is InChI=1S/C18H15F2NO4/c1-10(17(23)12-6-7-15(19)16(20)9-12)25-18(24)13-4-3-5-14(8-13)21-11(2)22/h3-10H,1-2H3,(H,21,22)/t10-/m0/s1. The van der Waals surface area contributed by atoms with Crippen LogP contribution in [0.2, 0.25) is 0 Å². The first kappa shape index (κ1) is 18.3. The van der Waals surface area contributed by atoms with Crippen molar-refractivity contribution in [3.8, 4) is 0 Å². The Balaban J connectivity index is 2.10. The second-order valence-electron chi connectivity index (χ2n) is 5.30. The van der Waals surface area contributed by atoms with Gasteiger partial charge in [0.2, 0.25) is 11.7 Å². The average molecular weight is 347 g/mol. The van der Waals surface area contributed by atoms with E-state index in [1.165, 1.54) is 26.0 Å². The number of rotatable bonds is 5. The molecule has 0 bridgehead atoms. The third-order valence-electron chi connectivity index (χ3n) is 3.28. The number of amides is 1. The summed E-state index contributed by atoms with van der Waals surface area (Å²) in [4.78, 5) is 35.3. The van der Waals surface area contributed by atoms with Crippen molar-refractivity contribution in [2.45, 2.75) is 20.0 Å². The van der Waals surface area contributed by atoms with Crippen LogP contribution in [0, 0.1) is 11.6 Å². The molecule has 1 atom stereocenters. The number of hydrogen-bond donors (Lipinski definition) is 1. The molecule has 1 N–H and O–H groups in total. The number of nitrogens with one attached hydrogen (secondary N) is 1. The van der Waals surface area contributed by atoms with Gasteiger partial charge in [-0.15, -0.1) is 0 Å². The minimum absolute atomic E-state index is 0.105.